The smallest absolute Gasteiger partial charge is 0.162 e. The fourth-order valence-corrected chi connectivity index (χ4v) is 3.66. The Balaban J connectivity index is 2.37. The first kappa shape index (κ1) is 15.6. The van der Waals surface area contributed by atoms with Gasteiger partial charge in [0.15, 0.2) is 11.5 Å². The first-order valence-electron chi connectivity index (χ1n) is 6.41. The summed E-state index contributed by atoms with van der Waals surface area (Å²) >= 11 is 3.48. The highest BCUT2D eigenvalue weighted by Crippen LogP contribution is 2.38. The van der Waals surface area contributed by atoms with Gasteiger partial charge in [0.1, 0.15) is 23.1 Å². The molecular weight excluding hydrogens is 346 g/mol. The summed E-state index contributed by atoms with van der Waals surface area (Å²) in [6.45, 7) is 3.66. The van der Waals surface area contributed by atoms with Crippen molar-refractivity contribution >= 4 is 25.8 Å². The van der Waals surface area contributed by atoms with E-state index in [9.17, 15) is 8.42 Å². The molecule has 20 heavy (non-hydrogen) atoms. The molecule has 5 nitrogen and oxygen atoms in total. The largest absolute Gasteiger partial charge is 0.486 e. The van der Waals surface area contributed by atoms with Gasteiger partial charge in [0.2, 0.25) is 0 Å². The molecule has 0 amide bonds. The lowest BCUT2D eigenvalue weighted by atomic mass is 10.1. The second-order valence-corrected chi connectivity index (χ2v) is 7.76. The summed E-state index contributed by atoms with van der Waals surface area (Å²) in [6.07, 6.45) is 1.24. The molecule has 0 spiro atoms. The van der Waals surface area contributed by atoms with Crippen molar-refractivity contribution in [1.82, 2.24) is 5.32 Å². The number of fused-ring (bicyclic) bond motifs is 1. The molecule has 2 rings (SSSR count). The van der Waals surface area contributed by atoms with Crippen LogP contribution < -0.4 is 14.8 Å². The predicted molar refractivity (Wildman–Crippen MR) is 81.3 cm³/mol. The minimum atomic E-state index is -3.09. The van der Waals surface area contributed by atoms with Gasteiger partial charge < -0.3 is 14.8 Å². The number of benzene rings is 1. The molecule has 1 N–H and O–H groups in total. The van der Waals surface area contributed by atoms with E-state index in [1.807, 2.05) is 19.1 Å². The topological polar surface area (TPSA) is 64.6 Å². The van der Waals surface area contributed by atoms with Crippen LogP contribution in [0.2, 0.25) is 0 Å². The normalized spacial score (nSPS) is 15.9. The maximum absolute atomic E-state index is 11.6. The fourth-order valence-electron chi connectivity index (χ4n) is 2.15. The van der Waals surface area contributed by atoms with Crippen molar-refractivity contribution in [2.45, 2.75) is 13.0 Å². The molecule has 1 unspecified atom stereocenters. The molecule has 0 saturated carbocycles. The summed E-state index contributed by atoms with van der Waals surface area (Å²) < 4.78 is 35.0. The Labute approximate surface area is 127 Å². The van der Waals surface area contributed by atoms with Crippen LogP contribution in [0.25, 0.3) is 0 Å². The van der Waals surface area contributed by atoms with Crippen molar-refractivity contribution in [3.63, 3.8) is 0 Å². The van der Waals surface area contributed by atoms with Gasteiger partial charge in [-0.15, -0.1) is 0 Å². The zero-order valence-corrected chi connectivity index (χ0v) is 13.9. The average Bonchev–Trinajstić information content (AvgIpc) is 2.36. The van der Waals surface area contributed by atoms with E-state index in [-0.39, 0.29) is 11.8 Å². The van der Waals surface area contributed by atoms with E-state index in [4.69, 9.17) is 9.47 Å². The Morgan fingerprint density at radius 1 is 1.30 bits per heavy atom. The van der Waals surface area contributed by atoms with E-state index in [0.29, 0.717) is 31.3 Å². The molecule has 0 fully saturated rings. The molecule has 0 aromatic heterocycles. The molecule has 0 saturated heterocycles. The zero-order valence-electron chi connectivity index (χ0n) is 11.5. The molecule has 1 aromatic carbocycles. The number of ether oxygens (including phenoxy) is 2. The van der Waals surface area contributed by atoms with Crippen molar-refractivity contribution in [3.05, 3.63) is 22.2 Å². The quantitative estimate of drug-likeness (QED) is 0.865. The number of halogens is 1. The standard InChI is InChI=1S/C13H18BrNO4S/c1-3-15-11(8-20(2,16)17)9-6-12-13(7-10(9)14)19-5-4-18-12/h6-7,11,15H,3-5,8H2,1-2H3. The van der Waals surface area contributed by atoms with E-state index in [1.54, 1.807) is 0 Å². The number of nitrogens with one attached hydrogen (secondary N) is 1. The van der Waals surface area contributed by atoms with Crippen molar-refractivity contribution in [2.75, 3.05) is 31.8 Å². The number of hydrogen-bond donors (Lipinski definition) is 1. The minimum Gasteiger partial charge on any atom is -0.486 e. The third kappa shape index (κ3) is 3.86. The lowest BCUT2D eigenvalue weighted by Gasteiger charge is -2.23. The van der Waals surface area contributed by atoms with Gasteiger partial charge in [0.25, 0.3) is 0 Å². The van der Waals surface area contributed by atoms with Gasteiger partial charge in [-0.3, -0.25) is 0 Å². The van der Waals surface area contributed by atoms with Crippen LogP contribution in [0.3, 0.4) is 0 Å². The highest BCUT2D eigenvalue weighted by atomic mass is 79.9. The second-order valence-electron chi connectivity index (χ2n) is 4.72. The molecule has 112 valence electrons. The lowest BCUT2D eigenvalue weighted by molar-refractivity contribution is 0.171. The van der Waals surface area contributed by atoms with E-state index in [0.717, 1.165) is 10.0 Å². The number of sulfone groups is 1. The summed E-state index contributed by atoms with van der Waals surface area (Å²) in [5.41, 5.74) is 0.863. The monoisotopic (exact) mass is 363 g/mol. The molecular formula is C13H18BrNO4S. The van der Waals surface area contributed by atoms with Crippen LogP contribution in [-0.2, 0) is 9.84 Å². The van der Waals surface area contributed by atoms with E-state index >= 15 is 0 Å². The number of rotatable bonds is 5. The summed E-state index contributed by atoms with van der Waals surface area (Å²) in [5, 5.41) is 3.20. The Morgan fingerprint density at radius 2 is 1.90 bits per heavy atom. The van der Waals surface area contributed by atoms with Crippen molar-refractivity contribution in [3.8, 4) is 11.5 Å². The third-order valence-electron chi connectivity index (χ3n) is 2.96. The Morgan fingerprint density at radius 3 is 2.45 bits per heavy atom. The summed E-state index contributed by atoms with van der Waals surface area (Å²) in [5.74, 6) is 1.38. The van der Waals surface area contributed by atoms with Crippen LogP contribution in [0.1, 0.15) is 18.5 Å². The molecule has 1 aliphatic rings. The SMILES string of the molecule is CCNC(CS(C)(=O)=O)c1cc2c(cc1Br)OCCO2. The summed E-state index contributed by atoms with van der Waals surface area (Å²) in [6, 6.07) is 3.40. The molecule has 7 heteroatoms. The predicted octanol–water partition coefficient (Wildman–Crippen LogP) is 1.92. The van der Waals surface area contributed by atoms with Gasteiger partial charge in [-0.05, 0) is 24.2 Å². The molecule has 1 heterocycles. The van der Waals surface area contributed by atoms with Gasteiger partial charge in [-0.2, -0.15) is 0 Å². The van der Waals surface area contributed by atoms with Crippen LogP contribution in [0, 0.1) is 0 Å². The molecule has 1 atom stereocenters. The minimum absolute atomic E-state index is 0.0408. The van der Waals surface area contributed by atoms with E-state index < -0.39 is 9.84 Å². The van der Waals surface area contributed by atoms with Crippen molar-refractivity contribution in [2.24, 2.45) is 0 Å². The molecule has 1 aliphatic heterocycles. The van der Waals surface area contributed by atoms with Gasteiger partial charge >= 0.3 is 0 Å². The fraction of sp³-hybridized carbons (Fsp3) is 0.538. The highest BCUT2D eigenvalue weighted by Gasteiger charge is 2.22. The average molecular weight is 364 g/mol. The van der Waals surface area contributed by atoms with E-state index in [1.165, 1.54) is 6.26 Å². The maximum atomic E-state index is 11.6. The Kier molecular flexibility index (Phi) is 4.93. The van der Waals surface area contributed by atoms with Crippen LogP contribution in [0.15, 0.2) is 16.6 Å². The lowest BCUT2D eigenvalue weighted by Crippen LogP contribution is -2.28. The summed E-state index contributed by atoms with van der Waals surface area (Å²) in [4.78, 5) is 0. The highest BCUT2D eigenvalue weighted by molar-refractivity contribution is 9.10. The maximum Gasteiger partial charge on any atom is 0.162 e. The van der Waals surface area contributed by atoms with E-state index in [2.05, 4.69) is 21.2 Å². The molecule has 1 aromatic rings. The Hall–Kier alpha value is -0.790. The third-order valence-corrected chi connectivity index (χ3v) is 4.58. The van der Waals surface area contributed by atoms with Crippen LogP contribution in [0.4, 0.5) is 0 Å². The first-order valence-corrected chi connectivity index (χ1v) is 9.26. The van der Waals surface area contributed by atoms with Gasteiger partial charge in [0, 0.05) is 16.8 Å². The molecule has 0 aliphatic carbocycles. The Bertz CT molecular complexity index is 588. The second kappa shape index (κ2) is 6.32. The van der Waals surface area contributed by atoms with Gasteiger partial charge in [-0.1, -0.05) is 22.9 Å². The van der Waals surface area contributed by atoms with Crippen LogP contribution in [0.5, 0.6) is 11.5 Å². The van der Waals surface area contributed by atoms with Crippen LogP contribution in [-0.4, -0.2) is 40.2 Å². The van der Waals surface area contributed by atoms with Crippen LogP contribution >= 0.6 is 15.9 Å². The van der Waals surface area contributed by atoms with Gasteiger partial charge in [0.05, 0.1) is 5.75 Å². The van der Waals surface area contributed by atoms with Crippen molar-refractivity contribution in [1.29, 1.82) is 0 Å². The van der Waals surface area contributed by atoms with Crippen molar-refractivity contribution < 1.29 is 17.9 Å². The summed E-state index contributed by atoms with van der Waals surface area (Å²) in [7, 11) is -3.09. The molecule has 0 radical (unpaired) electrons. The zero-order chi connectivity index (χ0) is 14.8. The first-order chi connectivity index (χ1) is 9.40. The van der Waals surface area contributed by atoms with Gasteiger partial charge in [-0.25, -0.2) is 8.42 Å². The molecule has 0 bridgehead atoms. The number of hydrogen-bond acceptors (Lipinski definition) is 5.